The number of alkyl carbamates (subject to hydrolysis) is 1. The summed E-state index contributed by atoms with van der Waals surface area (Å²) in [4.78, 5) is 15.5. The summed E-state index contributed by atoms with van der Waals surface area (Å²) in [6.45, 7) is 7.39. The minimum Gasteiger partial charge on any atom is -0.444 e. The number of hydrogen-bond acceptors (Lipinski definition) is 3. The van der Waals surface area contributed by atoms with Crippen molar-refractivity contribution >= 4 is 6.09 Å². The van der Waals surface area contributed by atoms with Crippen molar-refractivity contribution in [2.24, 2.45) is 7.05 Å². The molecule has 1 amide bonds. The molecule has 0 saturated heterocycles. The molecule has 0 aliphatic rings. The van der Waals surface area contributed by atoms with Crippen molar-refractivity contribution in [1.29, 1.82) is 0 Å². The number of nitrogens with zero attached hydrogens (tertiary/aromatic N) is 2. The second kappa shape index (κ2) is 4.55. The fourth-order valence-corrected chi connectivity index (χ4v) is 1.34. The SMILES string of the molecule is C[C@H](NC(=O)OC(C)(C)C)c1cncn1C. The number of nitrogens with one attached hydrogen (secondary N) is 1. The molecule has 1 aromatic heterocycles. The average molecular weight is 225 g/mol. The molecule has 16 heavy (non-hydrogen) atoms. The summed E-state index contributed by atoms with van der Waals surface area (Å²) >= 11 is 0. The van der Waals surface area contributed by atoms with Gasteiger partial charge in [0.05, 0.1) is 24.3 Å². The first-order valence-electron chi connectivity index (χ1n) is 5.25. The third-order valence-electron chi connectivity index (χ3n) is 2.03. The van der Waals surface area contributed by atoms with Gasteiger partial charge in [-0.15, -0.1) is 0 Å². The van der Waals surface area contributed by atoms with Crippen LogP contribution in [0.5, 0.6) is 0 Å². The highest BCUT2D eigenvalue weighted by atomic mass is 16.6. The van der Waals surface area contributed by atoms with Crippen LogP contribution in [0.4, 0.5) is 4.79 Å². The number of ether oxygens (including phenoxy) is 1. The molecule has 0 aliphatic heterocycles. The first-order chi connectivity index (χ1) is 7.29. The predicted octanol–water partition coefficient (Wildman–Crippen LogP) is 2.01. The van der Waals surface area contributed by atoms with Crippen molar-refractivity contribution in [2.75, 3.05) is 0 Å². The zero-order chi connectivity index (χ0) is 12.3. The smallest absolute Gasteiger partial charge is 0.408 e. The predicted molar refractivity (Wildman–Crippen MR) is 61.0 cm³/mol. The van der Waals surface area contributed by atoms with Gasteiger partial charge in [-0.05, 0) is 27.7 Å². The Bertz CT molecular complexity index is 366. The van der Waals surface area contributed by atoms with Gasteiger partial charge in [-0.25, -0.2) is 9.78 Å². The minimum atomic E-state index is -0.476. The summed E-state index contributed by atoms with van der Waals surface area (Å²) in [6, 6.07) is -0.123. The van der Waals surface area contributed by atoms with Crippen molar-refractivity contribution in [3.63, 3.8) is 0 Å². The van der Waals surface area contributed by atoms with Gasteiger partial charge in [0.25, 0.3) is 0 Å². The lowest BCUT2D eigenvalue weighted by Crippen LogP contribution is -2.34. The topological polar surface area (TPSA) is 56.1 Å². The molecule has 0 saturated carbocycles. The molecule has 1 aromatic rings. The molecule has 0 bridgehead atoms. The number of carbonyl (C=O) groups excluding carboxylic acids is 1. The van der Waals surface area contributed by atoms with E-state index in [1.54, 1.807) is 12.5 Å². The highest BCUT2D eigenvalue weighted by molar-refractivity contribution is 5.68. The van der Waals surface area contributed by atoms with E-state index in [1.165, 1.54) is 0 Å². The quantitative estimate of drug-likeness (QED) is 0.837. The van der Waals surface area contributed by atoms with Crippen LogP contribution in [0, 0.1) is 0 Å². The van der Waals surface area contributed by atoms with Crippen LogP contribution in [0.3, 0.4) is 0 Å². The van der Waals surface area contributed by atoms with Crippen molar-refractivity contribution in [3.8, 4) is 0 Å². The molecule has 0 unspecified atom stereocenters. The van der Waals surface area contributed by atoms with Gasteiger partial charge in [0.2, 0.25) is 0 Å². The highest BCUT2D eigenvalue weighted by Gasteiger charge is 2.19. The molecule has 0 aliphatic carbocycles. The van der Waals surface area contributed by atoms with E-state index >= 15 is 0 Å². The largest absolute Gasteiger partial charge is 0.444 e. The van der Waals surface area contributed by atoms with Crippen LogP contribution in [0.25, 0.3) is 0 Å². The fraction of sp³-hybridized carbons (Fsp3) is 0.636. The van der Waals surface area contributed by atoms with Gasteiger partial charge in [0.1, 0.15) is 5.60 Å². The van der Waals surface area contributed by atoms with Crippen LogP contribution in [0.1, 0.15) is 39.4 Å². The van der Waals surface area contributed by atoms with Crippen LogP contribution < -0.4 is 5.32 Å². The van der Waals surface area contributed by atoms with E-state index in [9.17, 15) is 4.79 Å². The minimum absolute atomic E-state index is 0.123. The Morgan fingerprint density at radius 2 is 2.19 bits per heavy atom. The van der Waals surface area contributed by atoms with E-state index in [0.29, 0.717) is 0 Å². The van der Waals surface area contributed by atoms with E-state index in [1.807, 2.05) is 39.3 Å². The highest BCUT2D eigenvalue weighted by Crippen LogP contribution is 2.12. The lowest BCUT2D eigenvalue weighted by atomic mass is 10.2. The monoisotopic (exact) mass is 225 g/mol. The van der Waals surface area contributed by atoms with E-state index < -0.39 is 11.7 Å². The molecule has 0 spiro atoms. The lowest BCUT2D eigenvalue weighted by Gasteiger charge is -2.22. The molecular weight excluding hydrogens is 206 g/mol. The van der Waals surface area contributed by atoms with Crippen molar-refractivity contribution in [2.45, 2.75) is 39.3 Å². The van der Waals surface area contributed by atoms with Gasteiger partial charge in [0, 0.05) is 7.05 Å². The second-order valence-electron chi connectivity index (χ2n) is 4.80. The van der Waals surface area contributed by atoms with Crippen LogP contribution in [-0.2, 0) is 11.8 Å². The maximum Gasteiger partial charge on any atom is 0.408 e. The Kier molecular flexibility index (Phi) is 3.57. The molecule has 1 atom stereocenters. The summed E-state index contributed by atoms with van der Waals surface area (Å²) in [5.41, 5.74) is 0.460. The number of aromatic nitrogens is 2. The van der Waals surface area contributed by atoms with E-state index in [4.69, 9.17) is 4.74 Å². The van der Waals surface area contributed by atoms with Gasteiger partial charge in [-0.1, -0.05) is 0 Å². The normalized spacial score (nSPS) is 13.3. The molecule has 1 rings (SSSR count). The molecule has 0 fully saturated rings. The number of rotatable bonds is 2. The van der Waals surface area contributed by atoms with E-state index in [2.05, 4.69) is 10.3 Å². The standard InChI is InChI=1S/C11H19N3O2/c1-8(9-6-12-7-14(9)5)13-10(15)16-11(2,3)4/h6-8H,1-5H3,(H,13,15)/t8-/m0/s1. The lowest BCUT2D eigenvalue weighted by molar-refractivity contribution is 0.0506. The molecule has 1 N–H and O–H groups in total. The molecule has 5 nitrogen and oxygen atoms in total. The molecule has 0 aromatic carbocycles. The average Bonchev–Trinajstić information content (AvgIpc) is 2.47. The number of amides is 1. The Labute approximate surface area is 95.8 Å². The molecule has 90 valence electrons. The fourth-order valence-electron chi connectivity index (χ4n) is 1.34. The number of carbonyl (C=O) groups is 1. The van der Waals surface area contributed by atoms with E-state index in [-0.39, 0.29) is 6.04 Å². The number of imidazole rings is 1. The maximum absolute atomic E-state index is 11.5. The van der Waals surface area contributed by atoms with Gasteiger partial charge in [-0.2, -0.15) is 0 Å². The third-order valence-corrected chi connectivity index (χ3v) is 2.03. The summed E-state index contributed by atoms with van der Waals surface area (Å²) in [6.07, 6.45) is 3.01. The van der Waals surface area contributed by atoms with Crippen LogP contribution >= 0.6 is 0 Å². The second-order valence-corrected chi connectivity index (χ2v) is 4.80. The van der Waals surface area contributed by atoms with Crippen LogP contribution in [0.2, 0.25) is 0 Å². The van der Waals surface area contributed by atoms with Gasteiger partial charge >= 0.3 is 6.09 Å². The van der Waals surface area contributed by atoms with Crippen molar-refractivity contribution in [1.82, 2.24) is 14.9 Å². The molecule has 1 heterocycles. The number of hydrogen-bond donors (Lipinski definition) is 1. The first kappa shape index (κ1) is 12.5. The van der Waals surface area contributed by atoms with Crippen molar-refractivity contribution < 1.29 is 9.53 Å². The summed E-state index contributed by atoms with van der Waals surface area (Å²) in [5.74, 6) is 0. The van der Waals surface area contributed by atoms with Crippen LogP contribution in [-0.4, -0.2) is 21.2 Å². The van der Waals surface area contributed by atoms with Gasteiger partial charge in [-0.3, -0.25) is 0 Å². The van der Waals surface area contributed by atoms with Gasteiger partial charge < -0.3 is 14.6 Å². The Balaban J connectivity index is 2.56. The Morgan fingerprint density at radius 1 is 1.56 bits per heavy atom. The summed E-state index contributed by atoms with van der Waals surface area (Å²) < 4.78 is 7.03. The van der Waals surface area contributed by atoms with Crippen molar-refractivity contribution in [3.05, 3.63) is 18.2 Å². The third kappa shape index (κ3) is 3.56. The van der Waals surface area contributed by atoms with Crippen LogP contribution in [0.15, 0.2) is 12.5 Å². The molecule has 0 radical (unpaired) electrons. The zero-order valence-corrected chi connectivity index (χ0v) is 10.4. The summed E-state index contributed by atoms with van der Waals surface area (Å²) in [5, 5.41) is 2.76. The molecule has 5 heteroatoms. The Hall–Kier alpha value is -1.52. The maximum atomic E-state index is 11.5. The van der Waals surface area contributed by atoms with Gasteiger partial charge in [0.15, 0.2) is 0 Å². The first-order valence-corrected chi connectivity index (χ1v) is 5.25. The zero-order valence-electron chi connectivity index (χ0n) is 10.4. The summed E-state index contributed by atoms with van der Waals surface area (Å²) in [7, 11) is 1.88. The molecular formula is C11H19N3O2. The Morgan fingerprint density at radius 3 is 2.62 bits per heavy atom. The number of aryl methyl sites for hydroxylation is 1. The van der Waals surface area contributed by atoms with E-state index in [0.717, 1.165) is 5.69 Å².